The van der Waals surface area contributed by atoms with Crippen LogP contribution in [0.2, 0.25) is 0 Å². The molecule has 1 fully saturated rings. The van der Waals surface area contributed by atoms with Crippen LogP contribution in [-0.2, 0) is 4.74 Å². The molecule has 0 aromatic heterocycles. The molecule has 6 heteroatoms. The Morgan fingerprint density at radius 1 is 1.29 bits per heavy atom. The van der Waals surface area contributed by atoms with Gasteiger partial charge in [-0.3, -0.25) is 4.90 Å². The minimum atomic E-state index is -0.963. The van der Waals surface area contributed by atoms with Crippen molar-refractivity contribution < 1.29 is 19.4 Å². The van der Waals surface area contributed by atoms with Crippen LogP contribution < -0.4 is 0 Å². The summed E-state index contributed by atoms with van der Waals surface area (Å²) in [4.78, 5) is 25.1. The third-order valence-electron chi connectivity index (χ3n) is 3.83. The molecule has 2 rings (SSSR count). The summed E-state index contributed by atoms with van der Waals surface area (Å²) in [6, 6.07) is 6.67. The number of aromatic carboxylic acids is 1. The second-order valence-electron chi connectivity index (χ2n) is 6.83. The first-order valence-corrected chi connectivity index (χ1v) is 8.68. The van der Waals surface area contributed by atoms with Gasteiger partial charge in [-0.15, -0.1) is 0 Å². The van der Waals surface area contributed by atoms with Crippen molar-refractivity contribution >= 4 is 28.0 Å². The number of piperidine rings is 1. The van der Waals surface area contributed by atoms with Crippen molar-refractivity contribution in [2.45, 2.75) is 43.5 Å². The molecule has 1 aliphatic rings. The lowest BCUT2D eigenvalue weighted by Crippen LogP contribution is -2.43. The Kier molecular flexibility index (Phi) is 5.38. The number of ether oxygens (including phenoxy) is 1. The molecule has 24 heavy (non-hydrogen) atoms. The van der Waals surface area contributed by atoms with Gasteiger partial charge in [0, 0.05) is 23.0 Å². The fourth-order valence-corrected chi connectivity index (χ4v) is 3.51. The first kappa shape index (κ1) is 18.5. The number of nitrogens with zero attached hydrogens (tertiary/aromatic N) is 1. The van der Waals surface area contributed by atoms with Crippen molar-refractivity contribution in [2.75, 3.05) is 6.54 Å². The lowest BCUT2D eigenvalue weighted by atomic mass is 9.87. The summed E-state index contributed by atoms with van der Waals surface area (Å²) in [5.41, 5.74) is 1.23. The average Bonchev–Trinajstić information content (AvgIpc) is 2.45. The normalized spacial score (nSPS) is 21.5. The Bertz CT molecular complexity index is 648. The third-order valence-corrected chi connectivity index (χ3v) is 4.81. The SMILES string of the molecule is C=C1C(c2ccc(C(=O)O)cc2)C(Br)CCN1C(=O)OC(C)(C)C. The van der Waals surface area contributed by atoms with E-state index in [0.29, 0.717) is 12.2 Å². The number of alkyl halides is 1. The monoisotopic (exact) mass is 395 g/mol. The molecule has 1 aromatic carbocycles. The van der Waals surface area contributed by atoms with Gasteiger partial charge in [-0.05, 0) is 44.9 Å². The third kappa shape index (κ3) is 4.17. The van der Waals surface area contributed by atoms with Gasteiger partial charge in [0.05, 0.1) is 5.56 Å². The summed E-state index contributed by atoms with van der Waals surface area (Å²) in [5.74, 6) is -1.08. The molecule has 5 nitrogen and oxygen atoms in total. The molecule has 2 atom stereocenters. The molecule has 1 amide bonds. The van der Waals surface area contributed by atoms with Gasteiger partial charge in [-0.2, -0.15) is 0 Å². The van der Waals surface area contributed by atoms with Crippen molar-refractivity contribution in [3.05, 3.63) is 47.7 Å². The quantitative estimate of drug-likeness (QED) is 0.754. The number of carboxylic acid groups (broad SMARTS) is 1. The molecule has 0 spiro atoms. The number of hydrogen-bond donors (Lipinski definition) is 1. The van der Waals surface area contributed by atoms with Crippen LogP contribution in [0.3, 0.4) is 0 Å². The smallest absolute Gasteiger partial charge is 0.414 e. The van der Waals surface area contributed by atoms with E-state index in [0.717, 1.165) is 12.0 Å². The van der Waals surface area contributed by atoms with Crippen molar-refractivity contribution in [1.82, 2.24) is 4.90 Å². The summed E-state index contributed by atoms with van der Waals surface area (Å²) in [6.07, 6.45) is 0.350. The zero-order valence-corrected chi connectivity index (χ0v) is 15.7. The van der Waals surface area contributed by atoms with E-state index in [-0.39, 0.29) is 16.3 Å². The van der Waals surface area contributed by atoms with E-state index >= 15 is 0 Å². The first-order valence-electron chi connectivity index (χ1n) is 7.77. The number of rotatable bonds is 2. The second kappa shape index (κ2) is 6.97. The Hall–Kier alpha value is -1.82. The highest BCUT2D eigenvalue weighted by Crippen LogP contribution is 2.39. The number of benzene rings is 1. The molecule has 0 aliphatic carbocycles. The number of amides is 1. The lowest BCUT2D eigenvalue weighted by Gasteiger charge is -2.39. The van der Waals surface area contributed by atoms with Crippen LogP contribution >= 0.6 is 15.9 Å². The number of hydrogen-bond acceptors (Lipinski definition) is 3. The summed E-state index contributed by atoms with van der Waals surface area (Å²) in [5, 5.41) is 9.02. The zero-order valence-electron chi connectivity index (χ0n) is 14.1. The number of likely N-dealkylation sites (tertiary alicyclic amines) is 1. The van der Waals surface area contributed by atoms with Gasteiger partial charge >= 0.3 is 12.1 Å². The summed E-state index contributed by atoms with van der Waals surface area (Å²) in [7, 11) is 0. The van der Waals surface area contributed by atoms with Gasteiger partial charge in [0.1, 0.15) is 5.60 Å². The predicted octanol–water partition coefficient (Wildman–Crippen LogP) is 4.39. The molecule has 1 heterocycles. The van der Waals surface area contributed by atoms with Gasteiger partial charge in [-0.25, -0.2) is 9.59 Å². The molecular weight excluding hydrogens is 374 g/mol. The van der Waals surface area contributed by atoms with Gasteiger partial charge < -0.3 is 9.84 Å². The van der Waals surface area contributed by atoms with Crippen LogP contribution in [-0.4, -0.2) is 39.0 Å². The van der Waals surface area contributed by atoms with Crippen molar-refractivity contribution in [3.8, 4) is 0 Å². The molecular formula is C18H22BrNO4. The molecule has 1 saturated heterocycles. The first-order chi connectivity index (χ1) is 11.1. The number of halogens is 1. The molecule has 130 valence electrons. The van der Waals surface area contributed by atoms with Crippen LogP contribution in [0.1, 0.15) is 49.0 Å². The van der Waals surface area contributed by atoms with Crippen LogP contribution in [0.25, 0.3) is 0 Å². The molecule has 0 bridgehead atoms. The molecule has 0 radical (unpaired) electrons. The highest BCUT2D eigenvalue weighted by Gasteiger charge is 2.36. The van der Waals surface area contributed by atoms with Crippen molar-refractivity contribution in [3.63, 3.8) is 0 Å². The number of allylic oxidation sites excluding steroid dienone is 1. The minimum Gasteiger partial charge on any atom is -0.478 e. The highest BCUT2D eigenvalue weighted by molar-refractivity contribution is 9.09. The fraction of sp³-hybridized carbons (Fsp3) is 0.444. The Labute approximate surface area is 150 Å². The van der Waals surface area contributed by atoms with Crippen molar-refractivity contribution in [1.29, 1.82) is 0 Å². The average molecular weight is 396 g/mol. The largest absolute Gasteiger partial charge is 0.478 e. The van der Waals surface area contributed by atoms with Gasteiger partial charge in [0.2, 0.25) is 0 Å². The van der Waals surface area contributed by atoms with Crippen LogP contribution in [0.15, 0.2) is 36.5 Å². The lowest BCUT2D eigenvalue weighted by molar-refractivity contribution is 0.0281. The van der Waals surface area contributed by atoms with E-state index in [2.05, 4.69) is 22.5 Å². The predicted molar refractivity (Wildman–Crippen MR) is 95.6 cm³/mol. The minimum absolute atomic E-state index is 0.117. The fourth-order valence-electron chi connectivity index (χ4n) is 2.70. The van der Waals surface area contributed by atoms with E-state index in [1.807, 2.05) is 20.8 Å². The Balaban J connectivity index is 2.23. The van der Waals surface area contributed by atoms with Crippen LogP contribution in [0.5, 0.6) is 0 Å². The molecule has 1 aliphatic heterocycles. The van der Waals surface area contributed by atoms with E-state index in [1.54, 1.807) is 29.2 Å². The van der Waals surface area contributed by atoms with E-state index in [4.69, 9.17) is 9.84 Å². The molecule has 1 N–H and O–H groups in total. The summed E-state index contributed by atoms with van der Waals surface area (Å²) in [6.45, 7) is 10.1. The van der Waals surface area contributed by atoms with E-state index in [9.17, 15) is 9.59 Å². The summed E-state index contributed by atoms with van der Waals surface area (Å²) >= 11 is 3.66. The maximum absolute atomic E-state index is 12.4. The topological polar surface area (TPSA) is 66.8 Å². The van der Waals surface area contributed by atoms with Crippen molar-refractivity contribution in [2.24, 2.45) is 0 Å². The maximum atomic E-state index is 12.4. The number of carbonyl (C=O) groups is 2. The number of carbonyl (C=O) groups excluding carboxylic acids is 1. The van der Waals surface area contributed by atoms with E-state index < -0.39 is 17.7 Å². The Morgan fingerprint density at radius 2 is 1.88 bits per heavy atom. The van der Waals surface area contributed by atoms with Gasteiger partial charge in [-0.1, -0.05) is 34.6 Å². The standard InChI is InChI=1S/C18H22BrNO4/c1-11-15(12-5-7-13(8-6-12)16(21)22)14(19)9-10-20(11)17(23)24-18(2,3)4/h5-8,14-15H,1,9-10H2,2-4H3,(H,21,22). The van der Waals surface area contributed by atoms with Crippen LogP contribution in [0.4, 0.5) is 4.79 Å². The second-order valence-corrected chi connectivity index (χ2v) is 8.01. The molecule has 2 unspecified atom stereocenters. The molecule has 0 saturated carbocycles. The molecule has 1 aromatic rings. The Morgan fingerprint density at radius 3 is 2.38 bits per heavy atom. The maximum Gasteiger partial charge on any atom is 0.414 e. The zero-order chi connectivity index (χ0) is 18.1. The summed E-state index contributed by atoms with van der Waals surface area (Å²) < 4.78 is 5.45. The van der Waals surface area contributed by atoms with Gasteiger partial charge in [0.25, 0.3) is 0 Å². The number of carboxylic acids is 1. The highest BCUT2D eigenvalue weighted by atomic mass is 79.9. The van der Waals surface area contributed by atoms with Gasteiger partial charge in [0.15, 0.2) is 0 Å². The van der Waals surface area contributed by atoms with E-state index in [1.165, 1.54) is 0 Å². The van der Waals surface area contributed by atoms with Crippen LogP contribution in [0, 0.1) is 0 Å².